The van der Waals surface area contributed by atoms with Crippen LogP contribution in [0.1, 0.15) is 11.3 Å². The summed E-state index contributed by atoms with van der Waals surface area (Å²) in [5.41, 5.74) is 3.87. The standard InChI is InChI=1S/C16H21N3O/c1-17-11-16-13(7-10-20-16)12-19-9-8-18(2)14-5-3-4-6-15(14)19/h3-7,10,17H,8-9,11-12H2,1-2H3. The first kappa shape index (κ1) is 13.1. The Labute approximate surface area is 120 Å². The van der Waals surface area contributed by atoms with E-state index in [0.29, 0.717) is 0 Å². The molecule has 4 nitrogen and oxygen atoms in total. The quantitative estimate of drug-likeness (QED) is 0.925. The van der Waals surface area contributed by atoms with Crippen molar-refractivity contribution in [1.29, 1.82) is 0 Å². The molecule has 0 bridgehead atoms. The van der Waals surface area contributed by atoms with E-state index in [9.17, 15) is 0 Å². The van der Waals surface area contributed by atoms with Crippen molar-refractivity contribution in [1.82, 2.24) is 5.32 Å². The summed E-state index contributed by atoms with van der Waals surface area (Å²) in [6.45, 7) is 3.77. The van der Waals surface area contributed by atoms with Crippen LogP contribution in [0.2, 0.25) is 0 Å². The van der Waals surface area contributed by atoms with Gasteiger partial charge in [-0.25, -0.2) is 0 Å². The predicted molar refractivity (Wildman–Crippen MR) is 82.2 cm³/mol. The Balaban J connectivity index is 1.85. The molecule has 2 aromatic rings. The van der Waals surface area contributed by atoms with Gasteiger partial charge in [-0.15, -0.1) is 0 Å². The Bertz CT molecular complexity index is 579. The van der Waals surface area contributed by atoms with Crippen molar-refractivity contribution in [2.45, 2.75) is 13.1 Å². The van der Waals surface area contributed by atoms with E-state index in [2.05, 4.69) is 52.5 Å². The van der Waals surface area contributed by atoms with E-state index in [4.69, 9.17) is 4.42 Å². The summed E-state index contributed by atoms with van der Waals surface area (Å²) < 4.78 is 5.56. The van der Waals surface area contributed by atoms with E-state index in [1.165, 1.54) is 16.9 Å². The van der Waals surface area contributed by atoms with Crippen LogP contribution < -0.4 is 15.1 Å². The van der Waals surface area contributed by atoms with Gasteiger partial charge in [-0.05, 0) is 25.2 Å². The van der Waals surface area contributed by atoms with Gasteiger partial charge in [0.1, 0.15) is 5.76 Å². The van der Waals surface area contributed by atoms with Crippen LogP contribution in [0.3, 0.4) is 0 Å². The summed E-state index contributed by atoms with van der Waals surface area (Å²) in [4.78, 5) is 4.75. The molecule has 0 radical (unpaired) electrons. The van der Waals surface area contributed by atoms with Gasteiger partial charge >= 0.3 is 0 Å². The largest absolute Gasteiger partial charge is 0.468 e. The normalized spacial score (nSPS) is 14.5. The second-order valence-electron chi connectivity index (χ2n) is 5.23. The molecule has 1 aromatic heterocycles. The molecule has 0 amide bonds. The molecular weight excluding hydrogens is 250 g/mol. The number of fused-ring (bicyclic) bond motifs is 1. The van der Waals surface area contributed by atoms with E-state index < -0.39 is 0 Å². The van der Waals surface area contributed by atoms with Crippen molar-refractivity contribution >= 4 is 11.4 Å². The number of anilines is 2. The number of rotatable bonds is 4. The summed E-state index contributed by atoms with van der Waals surface area (Å²) in [5, 5.41) is 3.15. The number of para-hydroxylation sites is 2. The summed E-state index contributed by atoms with van der Waals surface area (Å²) in [6.07, 6.45) is 1.78. The summed E-state index contributed by atoms with van der Waals surface area (Å²) in [7, 11) is 4.10. The van der Waals surface area contributed by atoms with E-state index in [1.54, 1.807) is 6.26 Å². The van der Waals surface area contributed by atoms with Crippen LogP contribution in [0.4, 0.5) is 11.4 Å². The van der Waals surface area contributed by atoms with Crippen LogP contribution in [0, 0.1) is 0 Å². The smallest absolute Gasteiger partial charge is 0.122 e. The van der Waals surface area contributed by atoms with E-state index in [-0.39, 0.29) is 0 Å². The third-order valence-corrected chi connectivity index (χ3v) is 3.88. The summed E-state index contributed by atoms with van der Waals surface area (Å²) in [6, 6.07) is 10.7. The van der Waals surface area contributed by atoms with Crippen molar-refractivity contribution in [3.05, 3.63) is 47.9 Å². The van der Waals surface area contributed by atoms with Gasteiger partial charge in [0.05, 0.1) is 24.2 Å². The molecule has 0 fully saturated rings. The Morgan fingerprint density at radius 1 is 1.15 bits per heavy atom. The highest BCUT2D eigenvalue weighted by Gasteiger charge is 2.21. The SMILES string of the molecule is CNCc1occc1CN1CCN(C)c2ccccc21. The molecule has 106 valence electrons. The van der Waals surface area contributed by atoms with Crippen LogP contribution >= 0.6 is 0 Å². The Hall–Kier alpha value is -1.94. The molecule has 1 aliphatic rings. The number of hydrogen-bond acceptors (Lipinski definition) is 4. The highest BCUT2D eigenvalue weighted by Crippen LogP contribution is 2.33. The van der Waals surface area contributed by atoms with E-state index >= 15 is 0 Å². The number of likely N-dealkylation sites (N-methyl/N-ethyl adjacent to an activating group) is 1. The van der Waals surface area contributed by atoms with E-state index in [0.717, 1.165) is 31.9 Å². The number of nitrogens with zero attached hydrogens (tertiary/aromatic N) is 2. The Morgan fingerprint density at radius 3 is 2.75 bits per heavy atom. The molecule has 3 rings (SSSR count). The highest BCUT2D eigenvalue weighted by atomic mass is 16.3. The lowest BCUT2D eigenvalue weighted by molar-refractivity contribution is 0.489. The van der Waals surface area contributed by atoms with Crippen LogP contribution in [-0.4, -0.2) is 27.2 Å². The molecule has 0 saturated heterocycles. The maximum Gasteiger partial charge on any atom is 0.122 e. The fourth-order valence-electron chi connectivity index (χ4n) is 2.76. The second-order valence-corrected chi connectivity index (χ2v) is 5.23. The molecule has 20 heavy (non-hydrogen) atoms. The van der Waals surface area contributed by atoms with Gasteiger partial charge in [0.15, 0.2) is 0 Å². The fraction of sp³-hybridized carbons (Fsp3) is 0.375. The number of nitrogens with one attached hydrogen (secondary N) is 1. The molecule has 1 aromatic carbocycles. The van der Waals surface area contributed by atoms with Gasteiger partial charge in [0.2, 0.25) is 0 Å². The summed E-state index contributed by atoms with van der Waals surface area (Å²) >= 11 is 0. The third kappa shape index (κ3) is 2.39. The topological polar surface area (TPSA) is 31.7 Å². The first-order valence-electron chi connectivity index (χ1n) is 7.04. The number of hydrogen-bond donors (Lipinski definition) is 1. The zero-order valence-corrected chi connectivity index (χ0v) is 12.1. The lowest BCUT2D eigenvalue weighted by Gasteiger charge is -2.37. The number of furan rings is 1. The fourth-order valence-corrected chi connectivity index (χ4v) is 2.76. The molecule has 0 aliphatic carbocycles. The molecule has 0 saturated carbocycles. The zero-order valence-electron chi connectivity index (χ0n) is 12.1. The van der Waals surface area contributed by atoms with Crippen molar-refractivity contribution in [2.75, 3.05) is 37.0 Å². The van der Waals surface area contributed by atoms with Crippen LogP contribution in [0.5, 0.6) is 0 Å². The third-order valence-electron chi connectivity index (χ3n) is 3.88. The lowest BCUT2D eigenvalue weighted by atomic mass is 10.1. The first-order valence-corrected chi connectivity index (χ1v) is 7.04. The molecule has 0 unspecified atom stereocenters. The average molecular weight is 271 g/mol. The maximum atomic E-state index is 5.56. The molecule has 1 N–H and O–H groups in total. The Morgan fingerprint density at radius 2 is 1.95 bits per heavy atom. The van der Waals surface area contributed by atoms with Gasteiger partial charge < -0.3 is 19.5 Å². The number of benzene rings is 1. The molecular formula is C16H21N3O. The first-order chi connectivity index (χ1) is 9.79. The van der Waals surface area contributed by atoms with Gasteiger partial charge in [-0.1, -0.05) is 12.1 Å². The van der Waals surface area contributed by atoms with Crippen LogP contribution in [0.15, 0.2) is 41.0 Å². The van der Waals surface area contributed by atoms with Gasteiger partial charge in [0, 0.05) is 32.2 Å². The monoisotopic (exact) mass is 271 g/mol. The molecule has 2 heterocycles. The minimum absolute atomic E-state index is 0.776. The van der Waals surface area contributed by atoms with Gasteiger partial charge in [-0.2, -0.15) is 0 Å². The van der Waals surface area contributed by atoms with Gasteiger partial charge in [0.25, 0.3) is 0 Å². The minimum atomic E-state index is 0.776. The molecule has 1 aliphatic heterocycles. The van der Waals surface area contributed by atoms with E-state index in [1.807, 2.05) is 7.05 Å². The molecule has 0 atom stereocenters. The highest BCUT2D eigenvalue weighted by molar-refractivity contribution is 5.73. The van der Waals surface area contributed by atoms with Crippen molar-refractivity contribution in [2.24, 2.45) is 0 Å². The lowest BCUT2D eigenvalue weighted by Crippen LogP contribution is -2.38. The zero-order chi connectivity index (χ0) is 13.9. The van der Waals surface area contributed by atoms with Crippen molar-refractivity contribution in [3.63, 3.8) is 0 Å². The Kier molecular flexibility index (Phi) is 3.65. The van der Waals surface area contributed by atoms with Crippen molar-refractivity contribution < 1.29 is 4.42 Å². The minimum Gasteiger partial charge on any atom is -0.468 e. The molecule has 4 heteroatoms. The predicted octanol–water partition coefficient (Wildman–Crippen LogP) is 2.46. The average Bonchev–Trinajstić information content (AvgIpc) is 2.90. The molecule has 0 spiro atoms. The van der Waals surface area contributed by atoms with Crippen molar-refractivity contribution in [3.8, 4) is 0 Å². The maximum absolute atomic E-state index is 5.56. The second kappa shape index (κ2) is 5.59. The van der Waals surface area contributed by atoms with Gasteiger partial charge in [-0.3, -0.25) is 0 Å². The summed E-state index contributed by atoms with van der Waals surface area (Å²) in [5.74, 6) is 1.03. The van der Waals surface area contributed by atoms with Crippen LogP contribution in [0.25, 0.3) is 0 Å². The van der Waals surface area contributed by atoms with Crippen LogP contribution in [-0.2, 0) is 13.1 Å².